The van der Waals surface area contributed by atoms with Crippen molar-refractivity contribution in [2.24, 2.45) is 23.5 Å². The Bertz CT molecular complexity index is 185. The highest BCUT2D eigenvalue weighted by Crippen LogP contribution is 2.21. The van der Waals surface area contributed by atoms with Gasteiger partial charge in [0.15, 0.2) is 0 Å². The number of ether oxygens (including phenoxy) is 1. The lowest BCUT2D eigenvalue weighted by Crippen LogP contribution is -2.43. The van der Waals surface area contributed by atoms with Crippen molar-refractivity contribution in [1.82, 2.24) is 4.90 Å². The normalized spacial score (nSPS) is 27.6. The Morgan fingerprint density at radius 1 is 1.44 bits per heavy atom. The number of hydrogen-bond donors (Lipinski definition) is 1. The maximum absolute atomic E-state index is 5.79. The number of piperidine rings is 1. The van der Waals surface area contributed by atoms with E-state index in [-0.39, 0.29) is 0 Å². The molecule has 2 unspecified atom stereocenters. The molecular weight excluding hydrogens is 200 g/mol. The molecule has 0 radical (unpaired) electrons. The molecule has 3 nitrogen and oxygen atoms in total. The summed E-state index contributed by atoms with van der Waals surface area (Å²) >= 11 is 0. The van der Waals surface area contributed by atoms with Crippen LogP contribution in [0.2, 0.25) is 0 Å². The summed E-state index contributed by atoms with van der Waals surface area (Å²) in [6.45, 7) is 12.7. The zero-order chi connectivity index (χ0) is 12.0. The van der Waals surface area contributed by atoms with Gasteiger partial charge in [0.25, 0.3) is 0 Å². The van der Waals surface area contributed by atoms with Gasteiger partial charge in [0.05, 0.1) is 6.61 Å². The highest BCUT2D eigenvalue weighted by atomic mass is 16.5. The van der Waals surface area contributed by atoms with Crippen LogP contribution in [0.1, 0.15) is 27.2 Å². The van der Waals surface area contributed by atoms with Crippen molar-refractivity contribution < 1.29 is 4.74 Å². The molecule has 0 amide bonds. The van der Waals surface area contributed by atoms with Gasteiger partial charge in [0, 0.05) is 19.7 Å². The molecule has 2 N–H and O–H groups in total. The predicted octanol–water partition coefficient (Wildman–Crippen LogP) is 1.58. The fourth-order valence-corrected chi connectivity index (χ4v) is 2.25. The van der Waals surface area contributed by atoms with Crippen LogP contribution in [0.3, 0.4) is 0 Å². The number of likely N-dealkylation sites (tertiary alicyclic amines) is 1. The molecular formula is C13H28N2O. The third-order valence-electron chi connectivity index (χ3n) is 3.50. The maximum atomic E-state index is 5.79. The first kappa shape index (κ1) is 13.9. The van der Waals surface area contributed by atoms with Gasteiger partial charge < -0.3 is 15.4 Å². The summed E-state index contributed by atoms with van der Waals surface area (Å²) in [7, 11) is 0. The summed E-state index contributed by atoms with van der Waals surface area (Å²) in [6.07, 6.45) is 1.28. The van der Waals surface area contributed by atoms with Crippen LogP contribution < -0.4 is 5.73 Å². The van der Waals surface area contributed by atoms with Crippen LogP contribution in [0, 0.1) is 17.8 Å². The van der Waals surface area contributed by atoms with Crippen molar-refractivity contribution in [3.63, 3.8) is 0 Å². The molecule has 1 saturated heterocycles. The largest absolute Gasteiger partial charge is 0.380 e. The van der Waals surface area contributed by atoms with E-state index in [1.807, 2.05) is 0 Å². The van der Waals surface area contributed by atoms with Crippen LogP contribution in [-0.2, 0) is 4.74 Å². The average molecular weight is 228 g/mol. The minimum atomic E-state index is 0.637. The van der Waals surface area contributed by atoms with Crippen LogP contribution in [0.25, 0.3) is 0 Å². The Morgan fingerprint density at radius 3 is 2.81 bits per heavy atom. The minimum absolute atomic E-state index is 0.637. The molecule has 16 heavy (non-hydrogen) atoms. The zero-order valence-electron chi connectivity index (χ0n) is 11.1. The quantitative estimate of drug-likeness (QED) is 0.701. The molecule has 0 spiro atoms. The van der Waals surface area contributed by atoms with Crippen molar-refractivity contribution in [3.05, 3.63) is 0 Å². The van der Waals surface area contributed by atoms with Crippen LogP contribution in [0.4, 0.5) is 0 Å². The first-order valence-electron chi connectivity index (χ1n) is 6.63. The summed E-state index contributed by atoms with van der Waals surface area (Å²) in [6, 6.07) is 0. The Labute approximate surface area is 100 Å². The Balaban J connectivity index is 2.13. The summed E-state index contributed by atoms with van der Waals surface area (Å²) in [5, 5.41) is 0. The van der Waals surface area contributed by atoms with E-state index in [2.05, 4.69) is 25.7 Å². The summed E-state index contributed by atoms with van der Waals surface area (Å²) in [5.41, 5.74) is 5.79. The molecule has 0 saturated carbocycles. The molecule has 3 heteroatoms. The Hall–Kier alpha value is -0.120. The van der Waals surface area contributed by atoms with Gasteiger partial charge in [-0.25, -0.2) is 0 Å². The predicted molar refractivity (Wildman–Crippen MR) is 68.4 cm³/mol. The van der Waals surface area contributed by atoms with E-state index >= 15 is 0 Å². The van der Waals surface area contributed by atoms with E-state index in [0.717, 1.165) is 38.8 Å². The number of nitrogens with zero attached hydrogens (tertiary/aromatic N) is 1. The highest BCUT2D eigenvalue weighted by Gasteiger charge is 2.24. The molecule has 1 fully saturated rings. The standard InChI is InChI=1S/C13H28N2O/c1-11(2)10-16-7-6-15-5-4-12(3)13(8-14)9-15/h11-13H,4-10,14H2,1-3H3. The summed E-state index contributed by atoms with van der Waals surface area (Å²) in [4.78, 5) is 2.50. The van der Waals surface area contributed by atoms with Crippen molar-refractivity contribution in [1.29, 1.82) is 0 Å². The molecule has 0 bridgehead atoms. The molecule has 1 aliphatic heterocycles. The van der Waals surface area contributed by atoms with Crippen molar-refractivity contribution in [2.75, 3.05) is 39.4 Å². The van der Waals surface area contributed by atoms with E-state index in [4.69, 9.17) is 10.5 Å². The van der Waals surface area contributed by atoms with Crippen molar-refractivity contribution >= 4 is 0 Å². The third kappa shape index (κ3) is 4.81. The average Bonchev–Trinajstić information content (AvgIpc) is 2.26. The number of hydrogen-bond acceptors (Lipinski definition) is 3. The fraction of sp³-hybridized carbons (Fsp3) is 1.00. The minimum Gasteiger partial charge on any atom is -0.380 e. The monoisotopic (exact) mass is 228 g/mol. The fourth-order valence-electron chi connectivity index (χ4n) is 2.25. The lowest BCUT2D eigenvalue weighted by molar-refractivity contribution is 0.0612. The van der Waals surface area contributed by atoms with Crippen LogP contribution in [0.15, 0.2) is 0 Å². The van der Waals surface area contributed by atoms with Gasteiger partial charge in [0.2, 0.25) is 0 Å². The molecule has 1 heterocycles. The Morgan fingerprint density at radius 2 is 2.19 bits per heavy atom. The SMILES string of the molecule is CC(C)COCCN1CCC(C)C(CN)C1. The topological polar surface area (TPSA) is 38.5 Å². The van der Waals surface area contributed by atoms with E-state index in [1.165, 1.54) is 13.0 Å². The van der Waals surface area contributed by atoms with Crippen LogP contribution in [0.5, 0.6) is 0 Å². The number of rotatable bonds is 6. The molecule has 1 rings (SSSR count). The summed E-state index contributed by atoms with van der Waals surface area (Å²) < 4.78 is 5.62. The molecule has 1 aliphatic rings. The third-order valence-corrected chi connectivity index (χ3v) is 3.50. The maximum Gasteiger partial charge on any atom is 0.0593 e. The van der Waals surface area contributed by atoms with Gasteiger partial charge in [-0.1, -0.05) is 20.8 Å². The first-order valence-corrected chi connectivity index (χ1v) is 6.63. The molecule has 0 aromatic rings. The van der Waals surface area contributed by atoms with Crippen LogP contribution >= 0.6 is 0 Å². The van der Waals surface area contributed by atoms with Gasteiger partial charge in [-0.2, -0.15) is 0 Å². The van der Waals surface area contributed by atoms with E-state index in [1.54, 1.807) is 0 Å². The molecule has 96 valence electrons. The molecule has 0 aromatic carbocycles. The second-order valence-electron chi connectivity index (χ2n) is 5.53. The van der Waals surface area contributed by atoms with Crippen LogP contribution in [-0.4, -0.2) is 44.3 Å². The van der Waals surface area contributed by atoms with E-state index in [0.29, 0.717) is 11.8 Å². The molecule has 0 aliphatic carbocycles. The van der Waals surface area contributed by atoms with Gasteiger partial charge in [-0.05, 0) is 37.3 Å². The highest BCUT2D eigenvalue weighted by molar-refractivity contribution is 4.78. The first-order chi connectivity index (χ1) is 7.63. The van der Waals surface area contributed by atoms with E-state index < -0.39 is 0 Å². The summed E-state index contributed by atoms with van der Waals surface area (Å²) in [5.74, 6) is 2.11. The van der Waals surface area contributed by atoms with Gasteiger partial charge in [0.1, 0.15) is 0 Å². The van der Waals surface area contributed by atoms with Gasteiger partial charge in [-0.15, -0.1) is 0 Å². The van der Waals surface area contributed by atoms with Crippen molar-refractivity contribution in [2.45, 2.75) is 27.2 Å². The van der Waals surface area contributed by atoms with Gasteiger partial charge >= 0.3 is 0 Å². The van der Waals surface area contributed by atoms with Crippen molar-refractivity contribution in [3.8, 4) is 0 Å². The number of nitrogens with two attached hydrogens (primary N) is 1. The second-order valence-corrected chi connectivity index (χ2v) is 5.53. The molecule has 0 aromatic heterocycles. The smallest absolute Gasteiger partial charge is 0.0593 e. The van der Waals surface area contributed by atoms with E-state index in [9.17, 15) is 0 Å². The zero-order valence-corrected chi connectivity index (χ0v) is 11.1. The molecule has 2 atom stereocenters. The Kier molecular flexibility index (Phi) is 6.32. The lowest BCUT2D eigenvalue weighted by Gasteiger charge is -2.36. The lowest BCUT2D eigenvalue weighted by atomic mass is 9.87. The van der Waals surface area contributed by atoms with Gasteiger partial charge in [-0.3, -0.25) is 0 Å². The second kappa shape index (κ2) is 7.25.